The van der Waals surface area contributed by atoms with Gasteiger partial charge in [0, 0.05) is 13.1 Å². The fourth-order valence-electron chi connectivity index (χ4n) is 2.65. The SMILES string of the molecule is CCC1(CC)CCN(C(=O)C(N)C(C)C)CC1. The van der Waals surface area contributed by atoms with Gasteiger partial charge in [-0.05, 0) is 24.2 Å². The van der Waals surface area contributed by atoms with Crippen molar-refractivity contribution in [1.82, 2.24) is 4.90 Å². The van der Waals surface area contributed by atoms with Crippen LogP contribution in [0.4, 0.5) is 0 Å². The smallest absolute Gasteiger partial charge is 0.239 e. The van der Waals surface area contributed by atoms with E-state index < -0.39 is 0 Å². The predicted molar refractivity (Wildman–Crippen MR) is 71.6 cm³/mol. The van der Waals surface area contributed by atoms with Crippen molar-refractivity contribution < 1.29 is 4.79 Å². The molecule has 17 heavy (non-hydrogen) atoms. The molecule has 2 N–H and O–H groups in total. The molecule has 0 aromatic carbocycles. The second-order valence-corrected chi connectivity index (χ2v) is 5.80. The summed E-state index contributed by atoms with van der Waals surface area (Å²) in [5.41, 5.74) is 6.40. The molecule has 1 unspecified atom stereocenters. The van der Waals surface area contributed by atoms with Crippen LogP contribution in [0.1, 0.15) is 53.4 Å². The summed E-state index contributed by atoms with van der Waals surface area (Å²) in [5.74, 6) is 0.368. The van der Waals surface area contributed by atoms with Gasteiger partial charge in [-0.1, -0.05) is 40.5 Å². The molecule has 0 aliphatic carbocycles. The number of piperidine rings is 1. The van der Waals surface area contributed by atoms with Gasteiger partial charge in [-0.15, -0.1) is 0 Å². The molecule has 0 aromatic heterocycles. The van der Waals surface area contributed by atoms with E-state index in [1.165, 1.54) is 12.8 Å². The molecular formula is C14H28N2O. The number of amides is 1. The first-order chi connectivity index (χ1) is 7.95. The number of likely N-dealkylation sites (tertiary alicyclic amines) is 1. The van der Waals surface area contributed by atoms with Crippen molar-refractivity contribution in [3.05, 3.63) is 0 Å². The molecule has 0 radical (unpaired) electrons. The lowest BCUT2D eigenvalue weighted by atomic mass is 9.74. The van der Waals surface area contributed by atoms with Crippen molar-refractivity contribution in [2.75, 3.05) is 13.1 Å². The topological polar surface area (TPSA) is 46.3 Å². The number of carbonyl (C=O) groups excluding carboxylic acids is 1. The molecule has 1 rings (SSSR count). The number of nitrogens with zero attached hydrogens (tertiary/aromatic N) is 1. The number of hydrogen-bond acceptors (Lipinski definition) is 2. The highest BCUT2D eigenvalue weighted by Crippen LogP contribution is 2.37. The van der Waals surface area contributed by atoms with Crippen molar-refractivity contribution in [3.63, 3.8) is 0 Å². The van der Waals surface area contributed by atoms with E-state index in [-0.39, 0.29) is 17.9 Å². The third kappa shape index (κ3) is 3.21. The second kappa shape index (κ2) is 5.85. The van der Waals surface area contributed by atoms with Gasteiger partial charge in [-0.25, -0.2) is 0 Å². The predicted octanol–water partition coefficient (Wildman–Crippen LogP) is 2.40. The van der Waals surface area contributed by atoms with Gasteiger partial charge in [0.25, 0.3) is 0 Å². The Labute approximate surface area is 106 Å². The minimum Gasteiger partial charge on any atom is -0.341 e. The molecular weight excluding hydrogens is 212 g/mol. The summed E-state index contributed by atoms with van der Waals surface area (Å²) in [6, 6.07) is -0.328. The van der Waals surface area contributed by atoms with Crippen LogP contribution in [-0.4, -0.2) is 29.9 Å². The first-order valence-electron chi connectivity index (χ1n) is 7.00. The summed E-state index contributed by atoms with van der Waals surface area (Å²) in [6.45, 7) is 10.3. The van der Waals surface area contributed by atoms with Crippen LogP contribution in [-0.2, 0) is 4.79 Å². The Morgan fingerprint density at radius 3 is 2.06 bits per heavy atom. The molecule has 1 aliphatic heterocycles. The van der Waals surface area contributed by atoms with E-state index in [1.807, 2.05) is 18.7 Å². The Morgan fingerprint density at radius 2 is 1.71 bits per heavy atom. The van der Waals surface area contributed by atoms with Crippen LogP contribution in [0.2, 0.25) is 0 Å². The van der Waals surface area contributed by atoms with Gasteiger partial charge >= 0.3 is 0 Å². The van der Waals surface area contributed by atoms with Gasteiger partial charge in [0.05, 0.1) is 6.04 Å². The van der Waals surface area contributed by atoms with Crippen molar-refractivity contribution in [2.24, 2.45) is 17.1 Å². The zero-order valence-corrected chi connectivity index (χ0v) is 11.8. The zero-order chi connectivity index (χ0) is 13.1. The molecule has 3 nitrogen and oxygen atoms in total. The van der Waals surface area contributed by atoms with E-state index in [0.717, 1.165) is 25.9 Å². The highest BCUT2D eigenvalue weighted by atomic mass is 16.2. The Hall–Kier alpha value is -0.570. The summed E-state index contributed by atoms with van der Waals surface area (Å²) in [6.07, 6.45) is 4.72. The first-order valence-corrected chi connectivity index (χ1v) is 7.00. The molecule has 0 spiro atoms. The Morgan fingerprint density at radius 1 is 1.24 bits per heavy atom. The highest BCUT2D eigenvalue weighted by Gasteiger charge is 2.34. The molecule has 3 heteroatoms. The number of hydrogen-bond donors (Lipinski definition) is 1. The van der Waals surface area contributed by atoms with Crippen LogP contribution in [0.5, 0.6) is 0 Å². The molecule has 100 valence electrons. The fraction of sp³-hybridized carbons (Fsp3) is 0.929. The maximum Gasteiger partial charge on any atom is 0.239 e. The molecule has 1 fully saturated rings. The lowest BCUT2D eigenvalue weighted by molar-refractivity contribution is -0.136. The Bertz CT molecular complexity index is 249. The van der Waals surface area contributed by atoms with Crippen LogP contribution in [0.25, 0.3) is 0 Å². The van der Waals surface area contributed by atoms with Gasteiger partial charge < -0.3 is 10.6 Å². The van der Waals surface area contributed by atoms with Gasteiger partial charge in [0.1, 0.15) is 0 Å². The second-order valence-electron chi connectivity index (χ2n) is 5.80. The summed E-state index contributed by atoms with van der Waals surface area (Å²) in [5, 5.41) is 0. The minimum absolute atomic E-state index is 0.140. The van der Waals surface area contributed by atoms with Gasteiger partial charge in [0.15, 0.2) is 0 Å². The van der Waals surface area contributed by atoms with Gasteiger partial charge in [0.2, 0.25) is 5.91 Å². The van der Waals surface area contributed by atoms with Crippen molar-refractivity contribution in [2.45, 2.75) is 59.4 Å². The minimum atomic E-state index is -0.328. The van der Waals surface area contributed by atoms with E-state index in [9.17, 15) is 4.79 Å². The summed E-state index contributed by atoms with van der Waals surface area (Å²) < 4.78 is 0. The first kappa shape index (κ1) is 14.5. The monoisotopic (exact) mass is 240 g/mol. The lowest BCUT2D eigenvalue weighted by Crippen LogP contribution is -2.50. The van der Waals surface area contributed by atoms with Crippen LogP contribution in [0.15, 0.2) is 0 Å². The van der Waals surface area contributed by atoms with E-state index in [1.54, 1.807) is 0 Å². The number of rotatable bonds is 4. The Balaban J connectivity index is 2.55. The summed E-state index contributed by atoms with van der Waals surface area (Å²) in [7, 11) is 0. The average molecular weight is 240 g/mol. The zero-order valence-electron chi connectivity index (χ0n) is 11.8. The van der Waals surface area contributed by atoms with E-state index in [2.05, 4.69) is 13.8 Å². The van der Waals surface area contributed by atoms with Crippen molar-refractivity contribution >= 4 is 5.91 Å². The third-order valence-corrected chi connectivity index (χ3v) is 4.64. The number of carbonyl (C=O) groups is 1. The molecule has 1 saturated heterocycles. The summed E-state index contributed by atoms with van der Waals surface area (Å²) in [4.78, 5) is 14.1. The molecule has 0 bridgehead atoms. The largest absolute Gasteiger partial charge is 0.341 e. The van der Waals surface area contributed by atoms with E-state index in [0.29, 0.717) is 5.41 Å². The van der Waals surface area contributed by atoms with Crippen LogP contribution >= 0.6 is 0 Å². The normalized spacial score (nSPS) is 21.6. The summed E-state index contributed by atoms with van der Waals surface area (Å²) >= 11 is 0. The van der Waals surface area contributed by atoms with Crippen molar-refractivity contribution in [3.8, 4) is 0 Å². The fourth-order valence-corrected chi connectivity index (χ4v) is 2.65. The lowest BCUT2D eigenvalue weighted by Gasteiger charge is -2.42. The van der Waals surface area contributed by atoms with E-state index in [4.69, 9.17) is 5.73 Å². The van der Waals surface area contributed by atoms with Gasteiger partial charge in [-0.3, -0.25) is 4.79 Å². The van der Waals surface area contributed by atoms with Crippen LogP contribution in [0.3, 0.4) is 0 Å². The maximum absolute atomic E-state index is 12.1. The third-order valence-electron chi connectivity index (χ3n) is 4.64. The Kier molecular flexibility index (Phi) is 4.99. The quantitative estimate of drug-likeness (QED) is 0.820. The van der Waals surface area contributed by atoms with Crippen molar-refractivity contribution in [1.29, 1.82) is 0 Å². The molecule has 0 aromatic rings. The van der Waals surface area contributed by atoms with Crippen LogP contribution in [0, 0.1) is 11.3 Å². The molecule has 1 atom stereocenters. The highest BCUT2D eigenvalue weighted by molar-refractivity contribution is 5.82. The molecule has 1 aliphatic rings. The molecule has 1 heterocycles. The van der Waals surface area contributed by atoms with E-state index >= 15 is 0 Å². The average Bonchev–Trinajstić information content (AvgIpc) is 2.37. The van der Waals surface area contributed by atoms with Gasteiger partial charge in [-0.2, -0.15) is 0 Å². The molecule has 0 saturated carbocycles. The number of nitrogens with two attached hydrogens (primary N) is 1. The maximum atomic E-state index is 12.1. The standard InChI is InChI=1S/C14H28N2O/c1-5-14(6-2)7-9-16(10-8-14)13(17)12(15)11(3)4/h11-12H,5-10,15H2,1-4H3. The molecule has 1 amide bonds. The van der Waals surface area contributed by atoms with Crippen LogP contribution < -0.4 is 5.73 Å².